The first kappa shape index (κ1) is 21.4. The Bertz CT molecular complexity index is 1160. The second kappa shape index (κ2) is 9.14. The lowest BCUT2D eigenvalue weighted by Gasteiger charge is -2.12. The first-order valence-corrected chi connectivity index (χ1v) is 10.8. The standard InChI is InChI=1S/C23H15BrCl2N2O3/c24-16-8-6-14(7-9-16)13-31-21-18(25)10-15(11-19(21)26)12-20-22(29)28(23(30)27-20)17-4-2-1-3-5-17/h1-12H,13H2,(H,27,30)/b20-12+. The number of nitrogens with zero attached hydrogens (tertiary/aromatic N) is 1. The largest absolute Gasteiger partial charge is 0.486 e. The van der Waals surface area contributed by atoms with Crippen molar-refractivity contribution in [2.75, 3.05) is 4.90 Å². The molecule has 1 saturated heterocycles. The van der Waals surface area contributed by atoms with Gasteiger partial charge >= 0.3 is 6.03 Å². The molecule has 0 spiro atoms. The smallest absolute Gasteiger partial charge is 0.333 e. The van der Waals surface area contributed by atoms with E-state index in [1.807, 2.05) is 30.3 Å². The molecule has 1 heterocycles. The van der Waals surface area contributed by atoms with Gasteiger partial charge in [0, 0.05) is 4.47 Å². The molecule has 3 aromatic rings. The minimum atomic E-state index is -0.519. The Hall–Kier alpha value is -2.80. The summed E-state index contributed by atoms with van der Waals surface area (Å²) in [5.74, 6) is -0.111. The number of amides is 3. The Labute approximate surface area is 197 Å². The summed E-state index contributed by atoms with van der Waals surface area (Å²) >= 11 is 16.1. The number of para-hydroxylation sites is 1. The number of benzene rings is 3. The molecule has 0 aromatic heterocycles. The Morgan fingerprint density at radius 2 is 1.61 bits per heavy atom. The van der Waals surface area contributed by atoms with Crippen LogP contribution in [0.2, 0.25) is 10.0 Å². The molecule has 0 aliphatic carbocycles. The highest BCUT2D eigenvalue weighted by atomic mass is 79.9. The molecular formula is C23H15BrCl2N2O3. The number of nitrogens with one attached hydrogen (secondary N) is 1. The minimum Gasteiger partial charge on any atom is -0.486 e. The molecule has 0 atom stereocenters. The zero-order valence-electron chi connectivity index (χ0n) is 15.9. The van der Waals surface area contributed by atoms with Gasteiger partial charge in [0.25, 0.3) is 5.91 Å². The molecule has 1 aliphatic heterocycles. The zero-order chi connectivity index (χ0) is 22.0. The van der Waals surface area contributed by atoms with Crippen molar-refractivity contribution in [1.29, 1.82) is 0 Å². The highest BCUT2D eigenvalue weighted by Crippen LogP contribution is 2.36. The van der Waals surface area contributed by atoms with Crippen molar-refractivity contribution < 1.29 is 14.3 Å². The van der Waals surface area contributed by atoms with E-state index in [0.717, 1.165) is 14.9 Å². The second-order valence-corrected chi connectivity index (χ2v) is 8.42. The molecular weight excluding hydrogens is 503 g/mol. The van der Waals surface area contributed by atoms with Gasteiger partial charge in [-0.15, -0.1) is 0 Å². The number of carbonyl (C=O) groups excluding carboxylic acids is 2. The fourth-order valence-electron chi connectivity index (χ4n) is 3.05. The highest BCUT2D eigenvalue weighted by molar-refractivity contribution is 9.10. The summed E-state index contributed by atoms with van der Waals surface area (Å²) in [5.41, 5.74) is 2.14. The Morgan fingerprint density at radius 1 is 0.968 bits per heavy atom. The number of rotatable bonds is 5. The van der Waals surface area contributed by atoms with Crippen LogP contribution in [-0.2, 0) is 11.4 Å². The van der Waals surface area contributed by atoms with Gasteiger partial charge in [0.1, 0.15) is 12.3 Å². The van der Waals surface area contributed by atoms with E-state index in [1.165, 1.54) is 6.08 Å². The topological polar surface area (TPSA) is 58.6 Å². The maximum Gasteiger partial charge on any atom is 0.333 e. The number of hydrogen-bond donors (Lipinski definition) is 1. The van der Waals surface area contributed by atoms with Gasteiger partial charge in [-0.1, -0.05) is 69.5 Å². The quantitative estimate of drug-likeness (QED) is 0.313. The molecule has 8 heteroatoms. The van der Waals surface area contributed by atoms with E-state index in [0.29, 0.717) is 33.7 Å². The molecule has 4 rings (SSSR count). The van der Waals surface area contributed by atoms with Crippen LogP contribution in [0.4, 0.5) is 10.5 Å². The third-order valence-corrected chi connectivity index (χ3v) is 5.61. The van der Waals surface area contributed by atoms with Crippen LogP contribution in [0.25, 0.3) is 6.08 Å². The summed E-state index contributed by atoms with van der Waals surface area (Å²) in [6.45, 7) is 0.299. The van der Waals surface area contributed by atoms with Gasteiger partial charge in [-0.3, -0.25) is 4.79 Å². The van der Waals surface area contributed by atoms with Gasteiger partial charge in [-0.2, -0.15) is 0 Å². The van der Waals surface area contributed by atoms with E-state index in [2.05, 4.69) is 21.2 Å². The van der Waals surface area contributed by atoms with E-state index < -0.39 is 11.9 Å². The summed E-state index contributed by atoms with van der Waals surface area (Å²) < 4.78 is 6.76. The lowest BCUT2D eigenvalue weighted by Crippen LogP contribution is -2.30. The molecule has 5 nitrogen and oxygen atoms in total. The van der Waals surface area contributed by atoms with Crippen LogP contribution in [0.15, 0.2) is 76.9 Å². The van der Waals surface area contributed by atoms with Crippen LogP contribution < -0.4 is 15.0 Å². The predicted octanol–water partition coefficient (Wildman–Crippen LogP) is 6.43. The number of urea groups is 1. The second-order valence-electron chi connectivity index (χ2n) is 6.69. The Balaban J connectivity index is 1.54. The molecule has 31 heavy (non-hydrogen) atoms. The number of imide groups is 1. The number of ether oxygens (including phenoxy) is 1. The summed E-state index contributed by atoms with van der Waals surface area (Å²) in [6.07, 6.45) is 1.53. The molecule has 1 aliphatic rings. The van der Waals surface area contributed by atoms with Crippen molar-refractivity contribution in [2.24, 2.45) is 0 Å². The van der Waals surface area contributed by atoms with Crippen molar-refractivity contribution in [2.45, 2.75) is 6.61 Å². The first-order valence-electron chi connectivity index (χ1n) is 9.21. The van der Waals surface area contributed by atoms with Gasteiger partial charge < -0.3 is 10.1 Å². The van der Waals surface area contributed by atoms with E-state index in [1.54, 1.807) is 36.4 Å². The maximum absolute atomic E-state index is 12.7. The zero-order valence-corrected chi connectivity index (χ0v) is 19.0. The third kappa shape index (κ3) is 4.77. The molecule has 156 valence electrons. The van der Waals surface area contributed by atoms with Crippen LogP contribution in [0.3, 0.4) is 0 Å². The first-order chi connectivity index (χ1) is 14.9. The number of hydrogen-bond acceptors (Lipinski definition) is 3. The van der Waals surface area contributed by atoms with Gasteiger partial charge in [0.05, 0.1) is 15.7 Å². The molecule has 3 amide bonds. The summed E-state index contributed by atoms with van der Waals surface area (Å²) in [5, 5.41) is 3.18. The summed E-state index contributed by atoms with van der Waals surface area (Å²) in [4.78, 5) is 26.1. The van der Waals surface area contributed by atoms with Crippen LogP contribution >= 0.6 is 39.1 Å². The minimum absolute atomic E-state index is 0.129. The van der Waals surface area contributed by atoms with Crippen LogP contribution in [-0.4, -0.2) is 11.9 Å². The van der Waals surface area contributed by atoms with Crippen molar-refractivity contribution >= 4 is 62.8 Å². The van der Waals surface area contributed by atoms with E-state index in [-0.39, 0.29) is 5.70 Å². The Morgan fingerprint density at radius 3 is 2.26 bits per heavy atom. The van der Waals surface area contributed by atoms with Crippen molar-refractivity contribution in [1.82, 2.24) is 5.32 Å². The van der Waals surface area contributed by atoms with E-state index in [9.17, 15) is 9.59 Å². The van der Waals surface area contributed by atoms with Crippen LogP contribution in [0.5, 0.6) is 5.75 Å². The number of carbonyl (C=O) groups is 2. The molecule has 3 aromatic carbocycles. The fraction of sp³-hybridized carbons (Fsp3) is 0.0435. The van der Waals surface area contributed by atoms with Crippen LogP contribution in [0, 0.1) is 0 Å². The predicted molar refractivity (Wildman–Crippen MR) is 125 cm³/mol. The molecule has 0 bridgehead atoms. The maximum atomic E-state index is 12.7. The molecule has 0 radical (unpaired) electrons. The molecule has 1 N–H and O–H groups in total. The van der Waals surface area contributed by atoms with E-state index in [4.69, 9.17) is 27.9 Å². The summed E-state index contributed by atoms with van der Waals surface area (Å²) in [6, 6.07) is 19.1. The molecule has 0 saturated carbocycles. The van der Waals surface area contributed by atoms with E-state index >= 15 is 0 Å². The lowest BCUT2D eigenvalue weighted by atomic mass is 10.1. The monoisotopic (exact) mass is 516 g/mol. The highest BCUT2D eigenvalue weighted by Gasteiger charge is 2.34. The van der Waals surface area contributed by atoms with Crippen LogP contribution in [0.1, 0.15) is 11.1 Å². The van der Waals surface area contributed by atoms with Gasteiger partial charge in [-0.25, -0.2) is 9.69 Å². The molecule has 0 unspecified atom stereocenters. The molecule has 1 fully saturated rings. The SMILES string of the molecule is O=C1N/C(=C/c2cc(Cl)c(OCc3ccc(Br)cc3)c(Cl)c2)C(=O)N1c1ccccc1. The van der Waals surface area contributed by atoms with Gasteiger partial charge in [0.15, 0.2) is 5.75 Å². The number of halogens is 3. The average Bonchev–Trinajstić information content (AvgIpc) is 3.02. The van der Waals surface area contributed by atoms with Crippen molar-refractivity contribution in [3.8, 4) is 5.75 Å². The normalized spacial score (nSPS) is 14.8. The number of anilines is 1. The summed E-state index contributed by atoms with van der Waals surface area (Å²) in [7, 11) is 0. The fourth-order valence-corrected chi connectivity index (χ4v) is 3.93. The lowest BCUT2D eigenvalue weighted by molar-refractivity contribution is -0.113. The average molecular weight is 518 g/mol. The van der Waals surface area contributed by atoms with Gasteiger partial charge in [-0.05, 0) is 53.6 Å². The Kier molecular flexibility index (Phi) is 6.32. The third-order valence-electron chi connectivity index (χ3n) is 4.52. The van der Waals surface area contributed by atoms with Gasteiger partial charge in [0.2, 0.25) is 0 Å². The van der Waals surface area contributed by atoms with Crippen molar-refractivity contribution in [3.05, 3.63) is 98.1 Å². The van der Waals surface area contributed by atoms with Crippen molar-refractivity contribution in [3.63, 3.8) is 0 Å².